The number of rotatable bonds is 0. The maximum absolute atomic E-state index is 6.68. The molecule has 0 saturated carbocycles. The molecule has 38 valence electrons. The van der Waals surface area contributed by atoms with Crippen LogP contribution in [0.4, 0.5) is 0 Å². The first-order valence-corrected chi connectivity index (χ1v) is 3.11. The van der Waals surface area contributed by atoms with E-state index in [4.69, 9.17) is 11.1 Å². The average Bonchev–Trinajstić information content (AvgIpc) is 1.27. The van der Waals surface area contributed by atoms with Gasteiger partial charge >= 0.3 is 57.6 Å². The van der Waals surface area contributed by atoms with Crippen LogP contribution in [0, 0.1) is 5.41 Å². The van der Waals surface area contributed by atoms with Crippen molar-refractivity contribution < 1.29 is 0 Å². The molecule has 0 aromatic carbocycles. The van der Waals surface area contributed by atoms with Crippen molar-refractivity contribution in [1.82, 2.24) is 0 Å². The van der Waals surface area contributed by atoms with Gasteiger partial charge in [0.2, 0.25) is 0 Å². The van der Waals surface area contributed by atoms with E-state index in [1.54, 1.807) is 0 Å². The Balaban J connectivity index is 3.68. The molecular formula is C2H3N3Se2. The summed E-state index contributed by atoms with van der Waals surface area (Å²) < 4.78 is 0.375. The fourth-order valence-corrected chi connectivity index (χ4v) is 0.791. The zero-order chi connectivity index (χ0) is 5.86. The van der Waals surface area contributed by atoms with E-state index in [2.05, 4.69) is 37.0 Å². The predicted octanol–water partition coefficient (Wildman–Crippen LogP) is -1.43. The molecule has 0 aliphatic heterocycles. The second-order valence-corrected chi connectivity index (χ2v) is 2.44. The molecule has 0 aliphatic carbocycles. The van der Waals surface area contributed by atoms with Gasteiger partial charge < -0.3 is 0 Å². The number of hydrogen-bond acceptors (Lipinski definition) is 1. The molecule has 2 radical (unpaired) electrons. The van der Waals surface area contributed by atoms with Crippen LogP contribution in [0.3, 0.4) is 0 Å². The molecule has 3 N–H and O–H groups in total. The molecule has 0 heterocycles. The first-order valence-electron chi connectivity index (χ1n) is 1.39. The first kappa shape index (κ1) is 7.18. The zero-order valence-electron chi connectivity index (χ0n) is 3.34. The minimum absolute atomic E-state index is 0.0938. The minimum atomic E-state index is 0.0938. The van der Waals surface area contributed by atoms with Crippen LogP contribution in [0.15, 0.2) is 4.99 Å². The molecule has 7 heavy (non-hydrogen) atoms. The van der Waals surface area contributed by atoms with E-state index in [9.17, 15) is 0 Å². The summed E-state index contributed by atoms with van der Waals surface area (Å²) >= 11 is 4.81. The molecule has 0 aliphatic rings. The second-order valence-electron chi connectivity index (χ2n) is 0.755. The molecule has 0 unspecified atom stereocenters. The summed E-state index contributed by atoms with van der Waals surface area (Å²) in [4.78, 5) is 3.44. The third-order valence-corrected chi connectivity index (χ3v) is 0.595. The van der Waals surface area contributed by atoms with Gasteiger partial charge in [-0.15, -0.1) is 0 Å². The average molecular weight is 227 g/mol. The summed E-state index contributed by atoms with van der Waals surface area (Å²) in [6.07, 6.45) is 0. The molecule has 0 aromatic rings. The monoisotopic (exact) mass is 229 g/mol. The number of nitrogens with two attached hydrogens (primary N) is 1. The Morgan fingerprint density at radius 2 is 2.00 bits per heavy atom. The van der Waals surface area contributed by atoms with E-state index >= 15 is 0 Å². The predicted molar refractivity (Wildman–Crippen MR) is 30.9 cm³/mol. The molecule has 5 heteroatoms. The SMILES string of the molecule is N=C([Se])/N=C(/N)[Se]. The Morgan fingerprint density at radius 3 is 2.00 bits per heavy atom. The van der Waals surface area contributed by atoms with Gasteiger partial charge in [-0.3, -0.25) is 0 Å². The fraction of sp³-hybridized carbons (Fsp3) is 0. The molecule has 0 rings (SSSR count). The second kappa shape index (κ2) is 3.22. The van der Waals surface area contributed by atoms with Crippen molar-refractivity contribution in [2.45, 2.75) is 0 Å². The van der Waals surface area contributed by atoms with E-state index in [-0.39, 0.29) is 9.47 Å². The van der Waals surface area contributed by atoms with E-state index in [0.717, 1.165) is 0 Å². The molecule has 0 atom stereocenters. The van der Waals surface area contributed by atoms with Gasteiger partial charge in [-0.25, -0.2) is 0 Å². The summed E-state index contributed by atoms with van der Waals surface area (Å²) in [6.45, 7) is 0. The van der Waals surface area contributed by atoms with E-state index in [1.807, 2.05) is 0 Å². The van der Waals surface area contributed by atoms with Crippen LogP contribution in [0.2, 0.25) is 0 Å². The number of aliphatic imine (C=N–C) groups is 1. The van der Waals surface area contributed by atoms with Crippen LogP contribution < -0.4 is 5.73 Å². The Hall–Kier alpha value is 0.179. The van der Waals surface area contributed by atoms with Crippen molar-refractivity contribution >= 4 is 41.5 Å². The number of amidine groups is 2. The van der Waals surface area contributed by atoms with E-state index in [1.165, 1.54) is 0 Å². The number of nitrogens with one attached hydrogen (secondary N) is 1. The van der Waals surface area contributed by atoms with Crippen molar-refractivity contribution in [3.05, 3.63) is 0 Å². The Bertz CT molecular complexity index is 104. The van der Waals surface area contributed by atoms with Gasteiger partial charge in [-0.05, 0) is 0 Å². The van der Waals surface area contributed by atoms with Crippen LogP contribution >= 0.6 is 0 Å². The standard InChI is InChI=1S/C2H3N3Se2/c3-1(6)5-2(4)7/h(H3,3,4,5). The summed E-state index contributed by atoms with van der Waals surface area (Å²) in [7, 11) is 0. The Kier molecular flexibility index (Phi) is 3.30. The fourth-order valence-electron chi connectivity index (χ4n) is 0.100. The van der Waals surface area contributed by atoms with Crippen molar-refractivity contribution in [2.24, 2.45) is 10.7 Å². The van der Waals surface area contributed by atoms with E-state index in [0.29, 0.717) is 0 Å². The summed E-state index contributed by atoms with van der Waals surface area (Å²) in [5.41, 5.74) is 5.03. The summed E-state index contributed by atoms with van der Waals surface area (Å²) in [5.74, 6) is 0. The normalized spacial score (nSPS) is 11.1. The van der Waals surface area contributed by atoms with Crippen LogP contribution in [0.1, 0.15) is 0 Å². The quantitative estimate of drug-likeness (QED) is 0.297. The summed E-state index contributed by atoms with van der Waals surface area (Å²) in [5, 5.41) is 6.68. The van der Waals surface area contributed by atoms with Crippen LogP contribution in [0.5, 0.6) is 0 Å². The molecule has 0 spiro atoms. The molecular weight excluding hydrogens is 224 g/mol. The van der Waals surface area contributed by atoms with Gasteiger partial charge in [0, 0.05) is 0 Å². The van der Waals surface area contributed by atoms with Crippen molar-refractivity contribution in [3.8, 4) is 0 Å². The Morgan fingerprint density at radius 1 is 1.57 bits per heavy atom. The van der Waals surface area contributed by atoms with Gasteiger partial charge in [0.25, 0.3) is 0 Å². The molecule has 0 fully saturated rings. The van der Waals surface area contributed by atoms with Crippen molar-refractivity contribution in [2.75, 3.05) is 0 Å². The van der Waals surface area contributed by atoms with Gasteiger partial charge in [-0.2, -0.15) is 0 Å². The van der Waals surface area contributed by atoms with E-state index < -0.39 is 0 Å². The Labute approximate surface area is 57.9 Å². The third-order valence-electron chi connectivity index (χ3n) is 0.212. The molecule has 0 saturated heterocycles. The van der Waals surface area contributed by atoms with Crippen LogP contribution in [0.25, 0.3) is 0 Å². The van der Waals surface area contributed by atoms with Gasteiger partial charge in [-0.1, -0.05) is 0 Å². The van der Waals surface area contributed by atoms with Crippen molar-refractivity contribution in [3.63, 3.8) is 0 Å². The molecule has 0 amide bonds. The van der Waals surface area contributed by atoms with Gasteiger partial charge in [0.1, 0.15) is 0 Å². The van der Waals surface area contributed by atoms with Crippen LogP contribution in [-0.2, 0) is 0 Å². The molecule has 0 bridgehead atoms. The van der Waals surface area contributed by atoms with Gasteiger partial charge in [0.05, 0.1) is 0 Å². The first-order chi connectivity index (χ1) is 3.13. The third kappa shape index (κ3) is 6.18. The zero-order valence-corrected chi connectivity index (χ0v) is 6.77. The maximum atomic E-state index is 6.68. The topological polar surface area (TPSA) is 62.2 Å². The van der Waals surface area contributed by atoms with Crippen molar-refractivity contribution in [1.29, 1.82) is 5.41 Å². The summed E-state index contributed by atoms with van der Waals surface area (Å²) in [6, 6.07) is 0. The molecule has 3 nitrogen and oxygen atoms in total. The molecule has 0 aromatic heterocycles. The van der Waals surface area contributed by atoms with Crippen LogP contribution in [-0.4, -0.2) is 41.5 Å². The number of hydrogen-bond donors (Lipinski definition) is 2. The van der Waals surface area contributed by atoms with Gasteiger partial charge in [0.15, 0.2) is 0 Å². The number of nitrogens with zero attached hydrogens (tertiary/aromatic N) is 1.